The van der Waals surface area contributed by atoms with Crippen molar-refractivity contribution >= 4 is 57.5 Å². The van der Waals surface area contributed by atoms with Crippen LogP contribution >= 0.6 is 34.4 Å². The van der Waals surface area contributed by atoms with E-state index >= 15 is 0 Å². The minimum atomic E-state index is -0.497. The number of nitriles is 1. The van der Waals surface area contributed by atoms with E-state index in [0.717, 1.165) is 37.8 Å². The van der Waals surface area contributed by atoms with Crippen molar-refractivity contribution in [1.82, 2.24) is 9.80 Å². The molecule has 0 N–H and O–H groups in total. The van der Waals surface area contributed by atoms with Gasteiger partial charge in [-0.3, -0.25) is 19.3 Å². The van der Waals surface area contributed by atoms with E-state index in [1.807, 2.05) is 36.4 Å². The highest BCUT2D eigenvalue weighted by Gasteiger charge is 2.37. The molecule has 2 aliphatic rings. The molecular weight excluding hydrogens is 641 g/mol. The summed E-state index contributed by atoms with van der Waals surface area (Å²) in [5.41, 5.74) is 4.24. The van der Waals surface area contributed by atoms with Crippen molar-refractivity contribution in [1.29, 1.82) is 5.26 Å². The lowest BCUT2D eigenvalue weighted by molar-refractivity contribution is -0.136. The summed E-state index contributed by atoms with van der Waals surface area (Å²) in [7, 11) is 1.52. The molecule has 0 spiro atoms. The number of fused-ring (bicyclic) bond motifs is 1. The molecule has 40 heavy (non-hydrogen) atoms. The lowest BCUT2D eigenvalue weighted by Gasteiger charge is -2.29. The highest BCUT2D eigenvalue weighted by atomic mass is 127. The van der Waals surface area contributed by atoms with E-state index in [4.69, 9.17) is 9.47 Å². The fourth-order valence-electron chi connectivity index (χ4n) is 4.60. The summed E-state index contributed by atoms with van der Waals surface area (Å²) in [6.45, 7) is 0.916. The Hall–Kier alpha value is -3.82. The Morgan fingerprint density at radius 2 is 1.88 bits per heavy atom. The van der Waals surface area contributed by atoms with Crippen molar-refractivity contribution in [2.45, 2.75) is 19.6 Å². The Kier molecular flexibility index (Phi) is 8.42. The van der Waals surface area contributed by atoms with Crippen molar-refractivity contribution < 1.29 is 23.9 Å². The molecule has 0 unspecified atom stereocenters. The Balaban J connectivity index is 1.29. The molecule has 3 aromatic carbocycles. The molecule has 0 aliphatic carbocycles. The number of thioether (sulfide) groups is 1. The summed E-state index contributed by atoms with van der Waals surface area (Å²) in [6.07, 6.45) is 2.36. The van der Waals surface area contributed by atoms with Gasteiger partial charge in [0.1, 0.15) is 13.2 Å². The monoisotopic (exact) mass is 665 g/mol. The van der Waals surface area contributed by atoms with Crippen molar-refractivity contribution in [2.24, 2.45) is 0 Å². The molecule has 3 aromatic rings. The van der Waals surface area contributed by atoms with E-state index in [-0.39, 0.29) is 24.0 Å². The molecule has 0 atom stereocenters. The van der Waals surface area contributed by atoms with E-state index in [1.165, 1.54) is 12.7 Å². The first-order chi connectivity index (χ1) is 19.4. The topological polar surface area (TPSA) is 99.9 Å². The molecule has 8 nitrogen and oxygen atoms in total. The minimum absolute atomic E-state index is 0.185. The molecule has 10 heteroatoms. The summed E-state index contributed by atoms with van der Waals surface area (Å²) in [6, 6.07) is 20.9. The minimum Gasteiger partial charge on any atom is -0.493 e. The van der Waals surface area contributed by atoms with Crippen LogP contribution in [0.1, 0.15) is 27.8 Å². The zero-order chi connectivity index (χ0) is 28.2. The molecule has 1 saturated heterocycles. The van der Waals surface area contributed by atoms with Gasteiger partial charge in [0.25, 0.3) is 11.1 Å². The lowest BCUT2D eigenvalue weighted by atomic mass is 10.00. The number of ether oxygens (including phenoxy) is 2. The summed E-state index contributed by atoms with van der Waals surface area (Å²) in [4.78, 5) is 41.8. The number of benzene rings is 3. The Labute approximate surface area is 249 Å². The van der Waals surface area contributed by atoms with Crippen LogP contribution in [0.4, 0.5) is 4.79 Å². The molecule has 0 aromatic heterocycles. The number of amides is 3. The molecule has 0 radical (unpaired) electrons. The van der Waals surface area contributed by atoms with E-state index < -0.39 is 11.1 Å². The summed E-state index contributed by atoms with van der Waals surface area (Å²) in [5.74, 6) is 0.207. The second-order valence-electron chi connectivity index (χ2n) is 9.19. The van der Waals surface area contributed by atoms with Crippen molar-refractivity contribution in [3.63, 3.8) is 0 Å². The number of hydrogen-bond donors (Lipinski definition) is 0. The van der Waals surface area contributed by atoms with Crippen molar-refractivity contribution in [3.05, 3.63) is 97.0 Å². The van der Waals surface area contributed by atoms with Gasteiger partial charge in [0, 0.05) is 18.7 Å². The summed E-state index contributed by atoms with van der Waals surface area (Å²) < 4.78 is 12.3. The van der Waals surface area contributed by atoms with Crippen LogP contribution in [0.25, 0.3) is 6.08 Å². The zero-order valence-corrected chi connectivity index (χ0v) is 24.5. The zero-order valence-electron chi connectivity index (χ0n) is 21.6. The van der Waals surface area contributed by atoms with Crippen molar-refractivity contribution in [2.75, 3.05) is 20.2 Å². The summed E-state index contributed by atoms with van der Waals surface area (Å²) in [5, 5.41) is 8.86. The first-order valence-electron chi connectivity index (χ1n) is 12.5. The first kappa shape index (κ1) is 27.7. The fraction of sp³-hybridized carbons (Fsp3) is 0.200. The van der Waals surface area contributed by atoms with Crippen molar-refractivity contribution in [3.8, 4) is 17.6 Å². The van der Waals surface area contributed by atoms with Gasteiger partial charge in [-0.15, -0.1) is 0 Å². The molecule has 2 aliphatic heterocycles. The number of rotatable bonds is 7. The highest BCUT2D eigenvalue weighted by molar-refractivity contribution is 14.1. The fourth-order valence-corrected chi connectivity index (χ4v) is 6.22. The van der Waals surface area contributed by atoms with Gasteiger partial charge in [0.2, 0.25) is 5.91 Å². The van der Waals surface area contributed by atoms with Gasteiger partial charge in [-0.2, -0.15) is 5.26 Å². The van der Waals surface area contributed by atoms with Gasteiger partial charge in [-0.1, -0.05) is 42.5 Å². The van der Waals surface area contributed by atoms with E-state index in [2.05, 4.69) is 34.7 Å². The smallest absolute Gasteiger partial charge is 0.294 e. The normalized spacial score (nSPS) is 15.7. The molecule has 3 amide bonds. The van der Waals surface area contributed by atoms with Crippen LogP contribution in [0.5, 0.6) is 11.5 Å². The third-order valence-electron chi connectivity index (χ3n) is 6.71. The maximum atomic E-state index is 13.1. The molecular formula is C30H24IN3O5S. The SMILES string of the molecule is COc1cc(/C=C2/SC(=O)N(CC(=O)N3CCc4ccccc4C3)C2=O)cc(I)c1OCc1ccccc1C#N. The third-order valence-corrected chi connectivity index (χ3v) is 8.42. The van der Waals surface area contributed by atoms with E-state index in [1.54, 1.807) is 29.2 Å². The second-order valence-corrected chi connectivity index (χ2v) is 11.3. The number of halogens is 1. The van der Waals surface area contributed by atoms with Crippen LogP contribution in [0.15, 0.2) is 65.6 Å². The average molecular weight is 666 g/mol. The van der Waals surface area contributed by atoms with Gasteiger partial charge < -0.3 is 14.4 Å². The number of carbonyl (C=O) groups excluding carboxylic acids is 3. The van der Waals surface area contributed by atoms with Crippen LogP contribution in [0.2, 0.25) is 0 Å². The molecule has 5 rings (SSSR count). The van der Waals surface area contributed by atoms with E-state index in [9.17, 15) is 19.6 Å². The predicted octanol–water partition coefficient (Wildman–Crippen LogP) is 5.37. The molecule has 2 heterocycles. The van der Waals surface area contributed by atoms with Crippen LogP contribution in [0.3, 0.4) is 0 Å². The number of nitrogens with zero attached hydrogens (tertiary/aromatic N) is 3. The lowest BCUT2D eigenvalue weighted by Crippen LogP contribution is -2.44. The number of carbonyl (C=O) groups is 3. The van der Waals surface area contributed by atoms with Crippen LogP contribution in [0, 0.1) is 14.9 Å². The molecule has 202 valence electrons. The van der Waals surface area contributed by atoms with Crippen LogP contribution in [-0.4, -0.2) is 47.1 Å². The van der Waals surface area contributed by atoms with Crippen LogP contribution < -0.4 is 9.47 Å². The molecule has 0 saturated carbocycles. The predicted molar refractivity (Wildman–Crippen MR) is 159 cm³/mol. The third kappa shape index (κ3) is 5.85. The maximum absolute atomic E-state index is 13.1. The number of imide groups is 1. The number of hydrogen-bond acceptors (Lipinski definition) is 7. The second kappa shape index (κ2) is 12.1. The Morgan fingerprint density at radius 3 is 2.65 bits per heavy atom. The van der Waals surface area contributed by atoms with Gasteiger partial charge in [0.05, 0.1) is 27.2 Å². The maximum Gasteiger partial charge on any atom is 0.294 e. The Bertz CT molecular complexity index is 1580. The van der Waals surface area contributed by atoms with Gasteiger partial charge in [-0.05, 0) is 81.7 Å². The highest BCUT2D eigenvalue weighted by Crippen LogP contribution is 2.38. The standard InChI is InChI=1S/C30H24IN3O5S/c1-38-25-13-19(12-24(31)28(25)39-18-23-9-5-3-7-21(23)15-32)14-26-29(36)34(30(37)40-26)17-27(35)33-11-10-20-6-2-4-8-22(20)16-33/h2-9,12-14H,10-11,16-18H2,1H3/b26-14+. The molecule has 1 fully saturated rings. The van der Waals surface area contributed by atoms with Gasteiger partial charge in [-0.25, -0.2) is 0 Å². The van der Waals surface area contributed by atoms with Gasteiger partial charge >= 0.3 is 0 Å². The Morgan fingerprint density at radius 1 is 1.12 bits per heavy atom. The van der Waals surface area contributed by atoms with Crippen LogP contribution in [-0.2, 0) is 29.2 Å². The average Bonchev–Trinajstić information content (AvgIpc) is 3.23. The quantitative estimate of drug-likeness (QED) is 0.247. The summed E-state index contributed by atoms with van der Waals surface area (Å²) >= 11 is 2.93. The van der Waals surface area contributed by atoms with E-state index in [0.29, 0.717) is 35.7 Å². The number of methoxy groups -OCH3 is 1. The first-order valence-corrected chi connectivity index (χ1v) is 14.4. The largest absolute Gasteiger partial charge is 0.493 e. The molecule has 0 bridgehead atoms. The van der Waals surface area contributed by atoms with Gasteiger partial charge in [0.15, 0.2) is 11.5 Å².